The van der Waals surface area contributed by atoms with Crippen LogP contribution in [0.15, 0.2) is 39.6 Å². The zero-order chi connectivity index (χ0) is 24.5. The zero-order valence-corrected chi connectivity index (χ0v) is 19.8. The SMILES string of the molecule is O=C(Nc1cc2oc(N3CCCCC3)nc2nc1N1CCCCC1)c1coc(-c2ccncc2O)n1. The summed E-state index contributed by atoms with van der Waals surface area (Å²) in [6.45, 7) is 3.54. The molecule has 2 fully saturated rings. The second-order valence-corrected chi connectivity index (χ2v) is 9.16. The third-order valence-electron chi connectivity index (χ3n) is 6.65. The van der Waals surface area contributed by atoms with E-state index in [1.165, 1.54) is 31.5 Å². The highest BCUT2D eigenvalue weighted by molar-refractivity contribution is 6.05. The van der Waals surface area contributed by atoms with E-state index in [0.29, 0.717) is 34.3 Å². The van der Waals surface area contributed by atoms with E-state index in [1.807, 2.05) is 0 Å². The molecule has 6 heterocycles. The van der Waals surface area contributed by atoms with Gasteiger partial charge in [0.2, 0.25) is 11.5 Å². The van der Waals surface area contributed by atoms with Crippen LogP contribution in [0.3, 0.4) is 0 Å². The van der Waals surface area contributed by atoms with E-state index >= 15 is 0 Å². The van der Waals surface area contributed by atoms with Gasteiger partial charge in [0.15, 0.2) is 17.1 Å². The molecule has 0 aliphatic carbocycles. The fraction of sp³-hybridized carbons (Fsp3) is 0.400. The molecule has 36 heavy (non-hydrogen) atoms. The van der Waals surface area contributed by atoms with E-state index in [4.69, 9.17) is 13.8 Å². The van der Waals surface area contributed by atoms with Crippen molar-refractivity contribution in [2.45, 2.75) is 38.5 Å². The summed E-state index contributed by atoms with van der Waals surface area (Å²) in [5, 5.41) is 13.0. The molecule has 11 heteroatoms. The molecule has 2 aliphatic heterocycles. The number of nitrogens with one attached hydrogen (secondary N) is 1. The molecular weight excluding hydrogens is 462 g/mol. The van der Waals surface area contributed by atoms with Gasteiger partial charge in [0, 0.05) is 38.4 Å². The van der Waals surface area contributed by atoms with Gasteiger partial charge < -0.3 is 29.1 Å². The van der Waals surface area contributed by atoms with Crippen LogP contribution in [-0.4, -0.2) is 57.1 Å². The maximum absolute atomic E-state index is 13.2. The first kappa shape index (κ1) is 22.3. The number of hydrogen-bond donors (Lipinski definition) is 2. The van der Waals surface area contributed by atoms with E-state index in [9.17, 15) is 9.90 Å². The molecule has 11 nitrogen and oxygen atoms in total. The number of fused-ring (bicyclic) bond motifs is 1. The third kappa shape index (κ3) is 4.32. The van der Waals surface area contributed by atoms with E-state index in [-0.39, 0.29) is 17.3 Å². The molecule has 0 atom stereocenters. The van der Waals surface area contributed by atoms with Crippen molar-refractivity contribution in [3.8, 4) is 17.2 Å². The number of carbonyl (C=O) groups excluding carboxylic acids is 1. The van der Waals surface area contributed by atoms with Gasteiger partial charge in [-0.3, -0.25) is 9.78 Å². The van der Waals surface area contributed by atoms with Crippen molar-refractivity contribution in [1.82, 2.24) is 19.9 Å². The van der Waals surface area contributed by atoms with Crippen LogP contribution in [0.4, 0.5) is 17.5 Å². The first-order chi connectivity index (χ1) is 17.7. The van der Waals surface area contributed by atoms with Gasteiger partial charge in [-0.25, -0.2) is 9.97 Å². The molecule has 2 N–H and O–H groups in total. The van der Waals surface area contributed by atoms with Crippen molar-refractivity contribution < 1.29 is 18.7 Å². The van der Waals surface area contributed by atoms with Crippen molar-refractivity contribution in [2.24, 2.45) is 0 Å². The Morgan fingerprint density at radius 1 is 0.972 bits per heavy atom. The van der Waals surface area contributed by atoms with Crippen molar-refractivity contribution in [1.29, 1.82) is 0 Å². The minimum absolute atomic E-state index is 0.0804. The normalized spacial score (nSPS) is 16.4. The Labute approximate surface area is 207 Å². The average molecular weight is 490 g/mol. The molecule has 2 saturated heterocycles. The lowest BCUT2D eigenvalue weighted by Gasteiger charge is -2.29. The highest BCUT2D eigenvalue weighted by Crippen LogP contribution is 2.33. The number of anilines is 3. The van der Waals surface area contributed by atoms with E-state index in [0.717, 1.165) is 51.9 Å². The van der Waals surface area contributed by atoms with Gasteiger partial charge >= 0.3 is 0 Å². The number of amides is 1. The molecule has 0 spiro atoms. The molecule has 6 rings (SSSR count). The molecule has 4 aromatic rings. The molecule has 4 aromatic heterocycles. The number of nitrogens with zero attached hydrogens (tertiary/aromatic N) is 6. The quantitative estimate of drug-likeness (QED) is 0.420. The van der Waals surface area contributed by atoms with Crippen LogP contribution >= 0.6 is 0 Å². The van der Waals surface area contributed by atoms with Crippen LogP contribution in [-0.2, 0) is 0 Å². The van der Waals surface area contributed by atoms with Gasteiger partial charge in [-0.15, -0.1) is 0 Å². The van der Waals surface area contributed by atoms with Gasteiger partial charge in [-0.2, -0.15) is 4.98 Å². The Morgan fingerprint density at radius 3 is 2.47 bits per heavy atom. The van der Waals surface area contributed by atoms with Crippen LogP contribution in [0, 0.1) is 0 Å². The predicted molar refractivity (Wildman–Crippen MR) is 133 cm³/mol. The number of aromatic hydroxyl groups is 1. The lowest BCUT2D eigenvalue weighted by Crippen LogP contribution is -2.31. The van der Waals surface area contributed by atoms with Crippen molar-refractivity contribution >= 4 is 34.7 Å². The number of pyridine rings is 2. The topological polar surface area (TPSA) is 134 Å². The summed E-state index contributed by atoms with van der Waals surface area (Å²) in [5.74, 6) is 0.271. The standard InChI is InChI=1S/C25H27N7O4/c33-19-14-26-8-7-16(19)24-28-18(15-35-24)23(34)27-17-13-20-21(29-22(17)31-9-3-1-4-10-31)30-25(36-20)32-11-5-2-6-12-32/h7-8,13-15,33H,1-6,9-12H2,(H,27,34). The maximum Gasteiger partial charge on any atom is 0.299 e. The second-order valence-electron chi connectivity index (χ2n) is 9.16. The number of hydrogen-bond acceptors (Lipinski definition) is 10. The minimum Gasteiger partial charge on any atom is -0.505 e. The Hall–Kier alpha value is -4.15. The number of aromatic nitrogens is 4. The first-order valence-electron chi connectivity index (χ1n) is 12.4. The maximum atomic E-state index is 13.2. The number of oxazole rings is 2. The number of rotatable bonds is 5. The first-order valence-corrected chi connectivity index (χ1v) is 12.4. The summed E-state index contributed by atoms with van der Waals surface area (Å²) in [6.07, 6.45) is 10.8. The molecular formula is C25H27N7O4. The summed E-state index contributed by atoms with van der Waals surface area (Å²) in [6, 6.07) is 3.93. The summed E-state index contributed by atoms with van der Waals surface area (Å²) in [4.78, 5) is 35.1. The highest BCUT2D eigenvalue weighted by atomic mass is 16.4. The Morgan fingerprint density at radius 2 is 1.72 bits per heavy atom. The molecule has 0 bridgehead atoms. The zero-order valence-electron chi connectivity index (χ0n) is 19.8. The fourth-order valence-electron chi connectivity index (χ4n) is 4.76. The van der Waals surface area contributed by atoms with E-state index in [1.54, 1.807) is 12.1 Å². The lowest BCUT2D eigenvalue weighted by atomic mass is 10.1. The number of carbonyl (C=O) groups is 1. The molecule has 1 amide bonds. The minimum atomic E-state index is -0.450. The molecule has 0 saturated carbocycles. The van der Waals surface area contributed by atoms with Crippen LogP contribution in [0.5, 0.6) is 5.75 Å². The Bertz CT molecular complexity index is 1390. The van der Waals surface area contributed by atoms with Crippen molar-refractivity contribution in [3.63, 3.8) is 0 Å². The molecule has 2 aliphatic rings. The van der Waals surface area contributed by atoms with Gasteiger partial charge in [-0.1, -0.05) is 0 Å². The van der Waals surface area contributed by atoms with Gasteiger partial charge in [0.25, 0.3) is 11.9 Å². The van der Waals surface area contributed by atoms with Gasteiger partial charge in [-0.05, 0) is 44.6 Å². The monoisotopic (exact) mass is 489 g/mol. The van der Waals surface area contributed by atoms with E-state index < -0.39 is 5.91 Å². The number of piperidine rings is 2. The van der Waals surface area contributed by atoms with Gasteiger partial charge in [0.1, 0.15) is 12.0 Å². The summed E-state index contributed by atoms with van der Waals surface area (Å²) in [7, 11) is 0. The molecule has 186 valence electrons. The third-order valence-corrected chi connectivity index (χ3v) is 6.65. The highest BCUT2D eigenvalue weighted by Gasteiger charge is 2.24. The molecule has 0 unspecified atom stereocenters. The fourth-order valence-corrected chi connectivity index (χ4v) is 4.76. The summed E-state index contributed by atoms with van der Waals surface area (Å²) >= 11 is 0. The predicted octanol–water partition coefficient (Wildman–Crippen LogP) is 4.21. The Kier molecular flexibility index (Phi) is 5.88. The molecule has 0 radical (unpaired) electrons. The van der Waals surface area contributed by atoms with Gasteiger partial charge in [0.05, 0.1) is 17.4 Å². The van der Waals surface area contributed by atoms with Crippen LogP contribution in [0.1, 0.15) is 49.0 Å². The molecule has 0 aromatic carbocycles. The lowest BCUT2D eigenvalue weighted by molar-refractivity contribution is 0.102. The smallest absolute Gasteiger partial charge is 0.299 e. The average Bonchev–Trinajstić information content (AvgIpc) is 3.57. The van der Waals surface area contributed by atoms with Crippen LogP contribution in [0.2, 0.25) is 0 Å². The second kappa shape index (κ2) is 9.48. The van der Waals surface area contributed by atoms with Crippen LogP contribution < -0.4 is 15.1 Å². The van der Waals surface area contributed by atoms with Crippen molar-refractivity contribution in [2.75, 3.05) is 41.3 Å². The largest absolute Gasteiger partial charge is 0.505 e. The van der Waals surface area contributed by atoms with E-state index in [2.05, 4.69) is 30.1 Å². The summed E-state index contributed by atoms with van der Waals surface area (Å²) < 4.78 is 11.5. The van der Waals surface area contributed by atoms with Crippen LogP contribution in [0.25, 0.3) is 22.7 Å². The summed E-state index contributed by atoms with van der Waals surface area (Å²) in [5.41, 5.74) is 2.03. The van der Waals surface area contributed by atoms with Crippen molar-refractivity contribution in [3.05, 3.63) is 36.5 Å². The Balaban J connectivity index is 1.32.